The highest BCUT2D eigenvalue weighted by atomic mass is 15.2. The Morgan fingerprint density at radius 3 is 1.22 bits per heavy atom. The van der Waals surface area contributed by atoms with E-state index < -0.39 is 0 Å². The Kier molecular flexibility index (Phi) is 5.79. The molecule has 2 heteroatoms. The summed E-state index contributed by atoms with van der Waals surface area (Å²) in [6.07, 6.45) is 2.37. The molecule has 36 heavy (non-hydrogen) atoms. The maximum absolute atomic E-state index is 2.35. The zero-order chi connectivity index (χ0) is 24.5. The lowest BCUT2D eigenvalue weighted by Gasteiger charge is -2.30. The molecule has 0 radical (unpaired) electrons. The maximum Gasteiger partial charge on any atom is 0.0464 e. The Bertz CT molecular complexity index is 1420. The highest BCUT2D eigenvalue weighted by Gasteiger charge is 2.19. The van der Waals surface area contributed by atoms with Gasteiger partial charge in [-0.3, -0.25) is 0 Å². The molecule has 0 fully saturated rings. The summed E-state index contributed by atoms with van der Waals surface area (Å²) in [5.74, 6) is 0. The van der Waals surface area contributed by atoms with E-state index in [0.717, 1.165) is 22.7 Å². The fraction of sp³-hybridized carbons (Fsp3) is 0.118. The second kappa shape index (κ2) is 9.39. The number of rotatable bonds is 6. The number of para-hydroxylation sites is 1. The minimum absolute atomic E-state index is 1.14. The summed E-state index contributed by atoms with van der Waals surface area (Å²) in [4.78, 5) is 4.67. The number of hydrogen-bond acceptors (Lipinski definition) is 2. The average Bonchev–Trinajstić information content (AvgIpc) is 2.90. The summed E-state index contributed by atoms with van der Waals surface area (Å²) in [6, 6.07) is 43.9. The van der Waals surface area contributed by atoms with E-state index in [4.69, 9.17) is 0 Å². The summed E-state index contributed by atoms with van der Waals surface area (Å²) in [5, 5.41) is 0. The van der Waals surface area contributed by atoms with Gasteiger partial charge in [-0.1, -0.05) is 59.7 Å². The summed E-state index contributed by atoms with van der Waals surface area (Å²) in [6.45, 7) is 4.26. The van der Waals surface area contributed by atoms with Crippen molar-refractivity contribution in [2.75, 3.05) is 9.80 Å². The van der Waals surface area contributed by atoms with Crippen LogP contribution in [0.2, 0.25) is 0 Å². The predicted octanol–water partition coefficient (Wildman–Crippen LogP) is 9.34. The minimum Gasteiger partial charge on any atom is -0.311 e. The molecule has 0 bridgehead atoms. The molecule has 0 spiro atoms. The van der Waals surface area contributed by atoms with Crippen molar-refractivity contribution in [2.24, 2.45) is 0 Å². The third-order valence-corrected chi connectivity index (χ3v) is 7.08. The molecule has 0 aliphatic heterocycles. The fourth-order valence-corrected chi connectivity index (χ4v) is 4.93. The smallest absolute Gasteiger partial charge is 0.0464 e. The highest BCUT2D eigenvalue weighted by Crippen LogP contribution is 2.40. The number of aryl methyl sites for hydroxylation is 4. The Morgan fingerprint density at radius 2 is 0.778 bits per heavy atom. The number of fused-ring (bicyclic) bond motifs is 1. The van der Waals surface area contributed by atoms with E-state index in [1.165, 1.54) is 46.5 Å². The predicted molar refractivity (Wildman–Crippen MR) is 153 cm³/mol. The van der Waals surface area contributed by atoms with E-state index in [1.54, 1.807) is 0 Å². The van der Waals surface area contributed by atoms with Gasteiger partial charge >= 0.3 is 0 Å². The Hall–Kier alpha value is -4.30. The van der Waals surface area contributed by atoms with Gasteiger partial charge in [-0.15, -0.1) is 0 Å². The molecular formula is C34H30N2. The van der Waals surface area contributed by atoms with Gasteiger partial charge in [0.25, 0.3) is 0 Å². The van der Waals surface area contributed by atoms with Crippen molar-refractivity contribution in [1.82, 2.24) is 0 Å². The van der Waals surface area contributed by atoms with Crippen LogP contribution in [-0.2, 0) is 12.8 Å². The van der Waals surface area contributed by atoms with Gasteiger partial charge in [0.05, 0.1) is 0 Å². The van der Waals surface area contributed by atoms with E-state index in [9.17, 15) is 0 Å². The first kappa shape index (κ1) is 22.2. The largest absolute Gasteiger partial charge is 0.311 e. The molecule has 0 N–H and O–H groups in total. The maximum atomic E-state index is 2.35. The van der Waals surface area contributed by atoms with Crippen LogP contribution < -0.4 is 9.80 Å². The van der Waals surface area contributed by atoms with Crippen molar-refractivity contribution in [3.63, 3.8) is 0 Å². The van der Waals surface area contributed by atoms with Gasteiger partial charge in [0, 0.05) is 34.1 Å². The van der Waals surface area contributed by atoms with Gasteiger partial charge < -0.3 is 9.80 Å². The van der Waals surface area contributed by atoms with Crippen LogP contribution >= 0.6 is 0 Å². The summed E-state index contributed by atoms with van der Waals surface area (Å²) >= 11 is 0. The van der Waals surface area contributed by atoms with Crippen LogP contribution in [0.4, 0.5) is 34.1 Å². The van der Waals surface area contributed by atoms with Crippen LogP contribution in [0.3, 0.4) is 0 Å². The van der Waals surface area contributed by atoms with Crippen molar-refractivity contribution in [2.45, 2.75) is 26.7 Å². The van der Waals surface area contributed by atoms with Crippen LogP contribution in [-0.4, -0.2) is 0 Å². The van der Waals surface area contributed by atoms with E-state index in [0.29, 0.717) is 0 Å². The Morgan fingerprint density at radius 1 is 0.389 bits per heavy atom. The molecule has 1 aliphatic rings. The Balaban J connectivity index is 1.42. The lowest BCUT2D eigenvalue weighted by Crippen LogP contribution is -2.14. The second-order valence-electron chi connectivity index (χ2n) is 9.65. The van der Waals surface area contributed by atoms with Gasteiger partial charge in [-0.05, 0) is 111 Å². The van der Waals surface area contributed by atoms with Crippen LogP contribution in [0.5, 0.6) is 0 Å². The molecule has 176 valence electrons. The molecule has 5 aromatic carbocycles. The molecule has 0 unspecified atom stereocenters. The van der Waals surface area contributed by atoms with E-state index >= 15 is 0 Å². The molecule has 5 aromatic rings. The number of hydrogen-bond donors (Lipinski definition) is 0. The summed E-state index contributed by atoms with van der Waals surface area (Å²) < 4.78 is 0. The van der Waals surface area contributed by atoms with Gasteiger partial charge in [-0.2, -0.15) is 0 Å². The Labute approximate surface area is 214 Å². The first-order chi connectivity index (χ1) is 17.7. The number of anilines is 6. The fourth-order valence-electron chi connectivity index (χ4n) is 4.93. The van der Waals surface area contributed by atoms with Gasteiger partial charge in [0.2, 0.25) is 0 Å². The molecule has 0 aromatic heterocycles. The van der Waals surface area contributed by atoms with Crippen LogP contribution in [0.25, 0.3) is 0 Å². The summed E-state index contributed by atoms with van der Waals surface area (Å²) in [5.41, 5.74) is 12.4. The molecule has 0 atom stereocenters. The molecule has 0 amide bonds. The normalized spacial score (nSPS) is 11.9. The minimum atomic E-state index is 1.14. The molecule has 0 heterocycles. The van der Waals surface area contributed by atoms with Crippen LogP contribution in [0.1, 0.15) is 22.3 Å². The molecule has 2 nitrogen and oxygen atoms in total. The van der Waals surface area contributed by atoms with Crippen molar-refractivity contribution in [3.05, 3.63) is 144 Å². The molecular weight excluding hydrogens is 436 g/mol. The lowest BCUT2D eigenvalue weighted by atomic mass is 9.88. The van der Waals surface area contributed by atoms with Crippen molar-refractivity contribution in [1.29, 1.82) is 0 Å². The van der Waals surface area contributed by atoms with Gasteiger partial charge in [0.15, 0.2) is 0 Å². The van der Waals surface area contributed by atoms with Gasteiger partial charge in [-0.25, -0.2) is 0 Å². The monoisotopic (exact) mass is 466 g/mol. The molecule has 6 rings (SSSR count). The van der Waals surface area contributed by atoms with Gasteiger partial charge in [0.1, 0.15) is 0 Å². The topological polar surface area (TPSA) is 6.48 Å². The quantitative estimate of drug-likeness (QED) is 0.246. The molecule has 1 aliphatic carbocycles. The number of nitrogens with zero attached hydrogens (tertiary/aromatic N) is 2. The SMILES string of the molecule is Cc1ccc(N(c2ccc(C)cc2)c2ccc(N(c3ccccc3)c3ccc4c(c3)CC4)cc2)cc1. The van der Waals surface area contributed by atoms with E-state index in [2.05, 4.69) is 145 Å². The van der Waals surface area contributed by atoms with Crippen molar-refractivity contribution in [3.8, 4) is 0 Å². The zero-order valence-corrected chi connectivity index (χ0v) is 20.9. The van der Waals surface area contributed by atoms with E-state index in [1.807, 2.05) is 0 Å². The summed E-state index contributed by atoms with van der Waals surface area (Å²) in [7, 11) is 0. The van der Waals surface area contributed by atoms with Crippen molar-refractivity contribution >= 4 is 34.1 Å². The van der Waals surface area contributed by atoms with Crippen LogP contribution in [0.15, 0.2) is 121 Å². The van der Waals surface area contributed by atoms with E-state index in [-0.39, 0.29) is 0 Å². The third kappa shape index (κ3) is 4.27. The first-order valence-corrected chi connectivity index (χ1v) is 12.7. The zero-order valence-electron chi connectivity index (χ0n) is 20.9. The molecule has 0 saturated carbocycles. The van der Waals surface area contributed by atoms with Crippen LogP contribution in [0, 0.1) is 13.8 Å². The lowest BCUT2D eigenvalue weighted by molar-refractivity contribution is 0.839. The standard InChI is InChI=1S/C34H30N2/c1-25-8-15-30(16-9-25)35(31-17-10-26(2)11-18-31)32-20-22-33(23-21-32)36(29-6-4-3-5-7-29)34-19-14-27-12-13-28(27)24-34/h3-11,14-24H,12-13H2,1-2H3. The van der Waals surface area contributed by atoms with Crippen molar-refractivity contribution < 1.29 is 0 Å². The third-order valence-electron chi connectivity index (χ3n) is 7.08. The number of benzene rings is 5. The molecule has 0 saturated heterocycles. The average molecular weight is 467 g/mol. The first-order valence-electron chi connectivity index (χ1n) is 12.7. The highest BCUT2D eigenvalue weighted by molar-refractivity contribution is 5.81. The second-order valence-corrected chi connectivity index (χ2v) is 9.65.